The second-order valence-electron chi connectivity index (χ2n) is 11.8. The van der Waals surface area contributed by atoms with Crippen molar-refractivity contribution in [3.63, 3.8) is 0 Å². The minimum atomic E-state index is -1.33. The average molecular weight is 595 g/mol. The number of hydrogen-bond acceptors (Lipinski definition) is 5. The van der Waals surface area contributed by atoms with Crippen molar-refractivity contribution in [1.82, 2.24) is 19.1 Å². The lowest BCUT2D eigenvalue weighted by Crippen LogP contribution is -2.08. The second-order valence-corrected chi connectivity index (χ2v) is 11.8. The molecule has 0 unspecified atom stereocenters. The molecule has 2 heterocycles. The summed E-state index contributed by atoms with van der Waals surface area (Å²) in [4.78, 5) is 21.5. The smallest absolute Gasteiger partial charge is 0.449 e. The van der Waals surface area contributed by atoms with Gasteiger partial charge in [0.2, 0.25) is 0 Å². The van der Waals surface area contributed by atoms with Gasteiger partial charge in [0.15, 0.2) is 0 Å². The zero-order valence-electron chi connectivity index (χ0n) is 26.6. The van der Waals surface area contributed by atoms with Crippen LogP contribution >= 0.6 is 0 Å². The zero-order valence-corrected chi connectivity index (χ0v) is 26.6. The number of ether oxygens (including phenoxy) is 2. The summed E-state index contributed by atoms with van der Waals surface area (Å²) in [5.41, 5.74) is 9.41. The van der Waals surface area contributed by atoms with Crippen LogP contribution in [-0.4, -0.2) is 44.1 Å². The van der Waals surface area contributed by atoms with Gasteiger partial charge in [-0.15, -0.1) is 0 Å². The third-order valence-corrected chi connectivity index (χ3v) is 7.99. The predicted octanol–water partition coefficient (Wildman–Crippen LogP) is 8.09. The minimum Gasteiger partial charge on any atom is -0.449 e. The highest BCUT2D eigenvalue weighted by Gasteiger charge is 2.20. The molecule has 1 N–H and O–H groups in total. The highest BCUT2D eigenvalue weighted by Crippen LogP contribution is 2.33. The lowest BCUT2D eigenvalue weighted by molar-refractivity contribution is 0.144. The van der Waals surface area contributed by atoms with Crippen molar-refractivity contribution in [1.29, 1.82) is 0 Å². The number of imidazole rings is 2. The number of fused-ring (bicyclic) bond motifs is 1. The zero-order chi connectivity index (χ0) is 31.4. The van der Waals surface area contributed by atoms with Crippen molar-refractivity contribution in [2.45, 2.75) is 67.0 Å². The number of aryl methyl sites for hydroxylation is 2. The molecule has 0 aliphatic heterocycles. The summed E-state index contributed by atoms with van der Waals surface area (Å²) in [6.45, 7) is 13.0. The van der Waals surface area contributed by atoms with Crippen LogP contribution in [0.25, 0.3) is 33.5 Å². The highest BCUT2D eigenvalue weighted by atomic mass is 16.7. The van der Waals surface area contributed by atoms with E-state index in [2.05, 4.69) is 68.0 Å². The Kier molecular flexibility index (Phi) is 9.49. The molecule has 0 amide bonds. The number of nitrogens with zero attached hydrogens (tertiary/aromatic N) is 4. The Bertz CT molecular complexity index is 1770. The number of rotatable bonds is 12. The molecule has 0 saturated heterocycles. The standard InChI is InChI=1S/C36H42N4O4/c1-7-10-33-38-34-24(4)20-28(35-37-30(19-23(2)3)25(5)39(35)17-18-43-6)21-31(34)40(33)22-26-13-15-27(16-14-26)29-11-8-9-12-32(29)44-36(41)42/h8-9,11-16,20-21,23H,7,10,17-19,22H2,1-6H3,(H,41,42). The van der Waals surface area contributed by atoms with Gasteiger partial charge in [-0.3, -0.25) is 0 Å². The maximum atomic E-state index is 11.2. The predicted molar refractivity (Wildman–Crippen MR) is 174 cm³/mol. The first kappa shape index (κ1) is 31.0. The van der Waals surface area contributed by atoms with Gasteiger partial charge in [0.25, 0.3) is 0 Å². The molecular weight excluding hydrogens is 552 g/mol. The molecule has 5 rings (SSSR count). The summed E-state index contributed by atoms with van der Waals surface area (Å²) in [6, 6.07) is 19.8. The van der Waals surface area contributed by atoms with Gasteiger partial charge in [-0.05, 0) is 67.5 Å². The van der Waals surface area contributed by atoms with Gasteiger partial charge in [0, 0.05) is 43.4 Å². The molecule has 230 valence electrons. The third kappa shape index (κ3) is 6.55. The van der Waals surface area contributed by atoms with Crippen LogP contribution in [0.4, 0.5) is 4.79 Å². The van der Waals surface area contributed by atoms with Crippen LogP contribution in [-0.2, 0) is 30.7 Å². The average Bonchev–Trinajstić information content (AvgIpc) is 3.49. The minimum absolute atomic E-state index is 0.317. The Morgan fingerprint density at radius 3 is 2.41 bits per heavy atom. The number of para-hydroxylation sites is 1. The molecule has 3 aromatic carbocycles. The summed E-state index contributed by atoms with van der Waals surface area (Å²) >= 11 is 0. The van der Waals surface area contributed by atoms with Crippen LogP contribution in [0.5, 0.6) is 5.75 Å². The van der Waals surface area contributed by atoms with Crippen molar-refractivity contribution in [2.24, 2.45) is 5.92 Å². The van der Waals surface area contributed by atoms with Gasteiger partial charge in [-0.2, -0.15) is 0 Å². The van der Waals surface area contributed by atoms with Crippen LogP contribution in [0, 0.1) is 19.8 Å². The van der Waals surface area contributed by atoms with Gasteiger partial charge in [-0.1, -0.05) is 63.2 Å². The maximum Gasteiger partial charge on any atom is 0.511 e. The second kappa shape index (κ2) is 13.5. The van der Waals surface area contributed by atoms with E-state index in [0.717, 1.165) is 82.0 Å². The first-order valence-corrected chi connectivity index (χ1v) is 15.3. The van der Waals surface area contributed by atoms with E-state index in [0.29, 0.717) is 24.8 Å². The summed E-state index contributed by atoms with van der Waals surface area (Å²) in [6.07, 6.45) is 1.48. The molecule has 2 aromatic heterocycles. The van der Waals surface area contributed by atoms with Crippen LogP contribution in [0.1, 0.15) is 55.5 Å². The molecule has 0 bridgehead atoms. The largest absolute Gasteiger partial charge is 0.511 e. The molecule has 44 heavy (non-hydrogen) atoms. The first-order valence-electron chi connectivity index (χ1n) is 15.3. The molecule has 0 saturated carbocycles. The Balaban J connectivity index is 1.56. The fourth-order valence-corrected chi connectivity index (χ4v) is 5.86. The van der Waals surface area contributed by atoms with Crippen LogP contribution in [0.15, 0.2) is 60.7 Å². The van der Waals surface area contributed by atoms with Gasteiger partial charge >= 0.3 is 6.16 Å². The fraction of sp³-hybridized carbons (Fsp3) is 0.361. The van der Waals surface area contributed by atoms with Crippen molar-refractivity contribution in [3.8, 4) is 28.3 Å². The van der Waals surface area contributed by atoms with Gasteiger partial charge < -0.3 is 23.7 Å². The Hall–Kier alpha value is -4.43. The highest BCUT2D eigenvalue weighted by molar-refractivity contribution is 5.85. The van der Waals surface area contributed by atoms with Gasteiger partial charge in [-0.25, -0.2) is 14.8 Å². The van der Waals surface area contributed by atoms with E-state index in [9.17, 15) is 4.79 Å². The lowest BCUT2D eigenvalue weighted by atomic mass is 10.0. The molecule has 0 spiro atoms. The fourth-order valence-electron chi connectivity index (χ4n) is 5.86. The molecular formula is C36H42N4O4. The number of carbonyl (C=O) groups is 1. The number of carboxylic acid groups (broad SMARTS) is 1. The van der Waals surface area contributed by atoms with Gasteiger partial charge in [0.05, 0.1) is 23.3 Å². The van der Waals surface area contributed by atoms with Crippen LogP contribution < -0.4 is 4.74 Å². The molecule has 5 aromatic rings. The van der Waals surface area contributed by atoms with E-state index in [1.165, 1.54) is 5.69 Å². The quantitative estimate of drug-likeness (QED) is 0.116. The van der Waals surface area contributed by atoms with Crippen molar-refractivity contribution in [3.05, 3.63) is 89.0 Å². The molecule has 0 fully saturated rings. The van der Waals surface area contributed by atoms with Crippen LogP contribution in [0.2, 0.25) is 0 Å². The van der Waals surface area contributed by atoms with E-state index in [4.69, 9.17) is 24.5 Å². The lowest BCUT2D eigenvalue weighted by Gasteiger charge is -2.13. The van der Waals surface area contributed by atoms with Crippen molar-refractivity contribution >= 4 is 17.2 Å². The normalized spacial score (nSPS) is 11.5. The van der Waals surface area contributed by atoms with Gasteiger partial charge in [0.1, 0.15) is 17.4 Å². The van der Waals surface area contributed by atoms with Crippen LogP contribution in [0.3, 0.4) is 0 Å². The SMILES string of the molecule is CCCc1nc2c(C)cc(-c3nc(CC(C)C)c(C)n3CCOC)cc2n1Cc1ccc(-c2ccccc2OC(=O)O)cc1. The summed E-state index contributed by atoms with van der Waals surface area (Å²) in [7, 11) is 1.74. The Morgan fingerprint density at radius 2 is 1.73 bits per heavy atom. The number of methoxy groups -OCH3 is 1. The molecule has 8 nitrogen and oxygen atoms in total. The van der Waals surface area contributed by atoms with E-state index >= 15 is 0 Å². The van der Waals surface area contributed by atoms with Crippen molar-refractivity contribution in [2.75, 3.05) is 13.7 Å². The first-order chi connectivity index (χ1) is 21.2. The maximum absolute atomic E-state index is 11.2. The summed E-state index contributed by atoms with van der Waals surface area (Å²) < 4.78 is 15.1. The molecule has 0 aliphatic rings. The van der Waals surface area contributed by atoms with E-state index in [-0.39, 0.29) is 0 Å². The summed E-state index contributed by atoms with van der Waals surface area (Å²) in [5, 5.41) is 9.15. The van der Waals surface area contributed by atoms with E-state index in [1.54, 1.807) is 19.2 Å². The number of aromatic nitrogens is 4. The van der Waals surface area contributed by atoms with Crippen molar-refractivity contribution < 1.29 is 19.4 Å². The monoisotopic (exact) mass is 594 g/mol. The Labute approximate surface area is 259 Å². The molecule has 8 heteroatoms. The topological polar surface area (TPSA) is 91.4 Å². The number of benzene rings is 3. The Morgan fingerprint density at radius 1 is 0.977 bits per heavy atom. The number of hydrogen-bond donors (Lipinski definition) is 1. The van der Waals surface area contributed by atoms with E-state index < -0.39 is 6.16 Å². The molecule has 0 aliphatic carbocycles. The van der Waals surface area contributed by atoms with E-state index in [1.807, 2.05) is 24.3 Å². The summed E-state index contributed by atoms with van der Waals surface area (Å²) in [5.74, 6) is 2.86. The molecule has 0 atom stereocenters. The molecule has 0 radical (unpaired) electrons. The third-order valence-electron chi connectivity index (χ3n) is 7.99.